The summed E-state index contributed by atoms with van der Waals surface area (Å²) in [5, 5.41) is 23.2. The van der Waals surface area contributed by atoms with Crippen molar-refractivity contribution in [3.05, 3.63) is 52.6 Å². The minimum absolute atomic E-state index is 0.151. The number of phenols is 1. The second kappa shape index (κ2) is 8.57. The number of hydrogen-bond donors (Lipinski definition) is 2. The second-order valence-electron chi connectivity index (χ2n) is 6.47. The summed E-state index contributed by atoms with van der Waals surface area (Å²) in [6.45, 7) is 3.05. The number of piperazine rings is 1. The highest BCUT2D eigenvalue weighted by Crippen LogP contribution is 2.29. The molecule has 0 aromatic heterocycles. The molecule has 0 radical (unpaired) electrons. The minimum Gasteiger partial charge on any atom is -0.508 e. The topological polar surface area (TPSA) is 108 Å². The molecule has 9 nitrogen and oxygen atoms in total. The van der Waals surface area contributed by atoms with Gasteiger partial charge in [0.1, 0.15) is 17.2 Å². The fraction of sp³-hybridized carbons (Fsp3) is 0.316. The highest BCUT2D eigenvalue weighted by atomic mass is 16.6. The zero-order valence-electron chi connectivity index (χ0n) is 15.5. The van der Waals surface area contributed by atoms with E-state index in [1.165, 1.54) is 19.2 Å². The molecule has 1 heterocycles. The van der Waals surface area contributed by atoms with Crippen molar-refractivity contribution >= 4 is 23.0 Å². The van der Waals surface area contributed by atoms with Crippen molar-refractivity contribution < 1.29 is 19.6 Å². The Morgan fingerprint density at radius 1 is 1.18 bits per heavy atom. The van der Waals surface area contributed by atoms with E-state index in [1.807, 2.05) is 17.0 Å². The predicted molar refractivity (Wildman–Crippen MR) is 105 cm³/mol. The zero-order valence-corrected chi connectivity index (χ0v) is 15.5. The summed E-state index contributed by atoms with van der Waals surface area (Å²) >= 11 is 0. The Morgan fingerprint density at radius 3 is 2.46 bits per heavy atom. The molecule has 2 aromatic carbocycles. The number of nitro groups is 1. The van der Waals surface area contributed by atoms with E-state index in [1.54, 1.807) is 18.2 Å². The molecule has 0 bridgehead atoms. The Bertz CT molecular complexity index is 848. The number of methoxy groups -OCH3 is 1. The van der Waals surface area contributed by atoms with Crippen molar-refractivity contribution in [3.8, 4) is 11.5 Å². The highest BCUT2D eigenvalue weighted by molar-refractivity contribution is 5.94. The third kappa shape index (κ3) is 4.68. The van der Waals surface area contributed by atoms with Gasteiger partial charge in [0.15, 0.2) is 0 Å². The first-order valence-electron chi connectivity index (χ1n) is 8.85. The maximum Gasteiger partial charge on any atom is 0.296 e. The summed E-state index contributed by atoms with van der Waals surface area (Å²) in [6.07, 6.45) is 0. The van der Waals surface area contributed by atoms with Gasteiger partial charge in [-0.05, 0) is 36.4 Å². The van der Waals surface area contributed by atoms with Gasteiger partial charge in [0.25, 0.3) is 5.69 Å². The number of amides is 1. The van der Waals surface area contributed by atoms with Gasteiger partial charge in [-0.3, -0.25) is 19.8 Å². The van der Waals surface area contributed by atoms with E-state index in [9.17, 15) is 20.0 Å². The smallest absolute Gasteiger partial charge is 0.296 e. The van der Waals surface area contributed by atoms with Crippen LogP contribution in [0.1, 0.15) is 0 Å². The van der Waals surface area contributed by atoms with Crippen LogP contribution in [-0.2, 0) is 4.79 Å². The molecule has 28 heavy (non-hydrogen) atoms. The van der Waals surface area contributed by atoms with Crippen LogP contribution in [0.5, 0.6) is 11.5 Å². The maximum atomic E-state index is 12.4. The summed E-state index contributed by atoms with van der Waals surface area (Å²) < 4.78 is 5.00. The van der Waals surface area contributed by atoms with Crippen LogP contribution in [0.2, 0.25) is 0 Å². The largest absolute Gasteiger partial charge is 0.508 e. The molecular weight excluding hydrogens is 364 g/mol. The molecule has 2 aromatic rings. The van der Waals surface area contributed by atoms with Crippen LogP contribution in [-0.4, -0.2) is 60.7 Å². The molecule has 0 unspecified atom stereocenters. The van der Waals surface area contributed by atoms with Crippen molar-refractivity contribution in [2.24, 2.45) is 0 Å². The SMILES string of the molecule is COc1ccc(NC(=O)CN2CCN(c3ccc(O)cc3)CC2)c([N+](=O)[O-])c1. The lowest BCUT2D eigenvalue weighted by atomic mass is 10.2. The number of carbonyl (C=O) groups excluding carboxylic acids is 1. The molecule has 2 N–H and O–H groups in total. The van der Waals surface area contributed by atoms with Crippen LogP contribution in [0, 0.1) is 10.1 Å². The van der Waals surface area contributed by atoms with Gasteiger partial charge in [-0.15, -0.1) is 0 Å². The van der Waals surface area contributed by atoms with E-state index in [4.69, 9.17) is 4.74 Å². The average molecular weight is 386 g/mol. The van der Waals surface area contributed by atoms with Gasteiger partial charge in [-0.25, -0.2) is 0 Å². The van der Waals surface area contributed by atoms with Crippen molar-refractivity contribution in [1.82, 2.24) is 4.90 Å². The molecule has 0 aliphatic carbocycles. The Hall–Kier alpha value is -3.33. The normalized spacial score (nSPS) is 14.5. The number of anilines is 2. The third-order valence-corrected chi connectivity index (χ3v) is 4.63. The summed E-state index contributed by atoms with van der Waals surface area (Å²) in [5.41, 5.74) is 0.971. The van der Waals surface area contributed by atoms with Gasteiger partial charge in [0.2, 0.25) is 5.91 Å². The molecule has 1 fully saturated rings. The quantitative estimate of drug-likeness (QED) is 0.578. The van der Waals surface area contributed by atoms with Gasteiger partial charge >= 0.3 is 0 Å². The van der Waals surface area contributed by atoms with Gasteiger partial charge in [0.05, 0.1) is 24.6 Å². The molecule has 1 amide bonds. The van der Waals surface area contributed by atoms with Crippen LogP contribution >= 0.6 is 0 Å². The Balaban J connectivity index is 1.55. The number of rotatable bonds is 6. The first-order valence-corrected chi connectivity index (χ1v) is 8.85. The van der Waals surface area contributed by atoms with Crippen molar-refractivity contribution in [2.45, 2.75) is 0 Å². The molecule has 0 spiro atoms. The van der Waals surface area contributed by atoms with E-state index < -0.39 is 4.92 Å². The summed E-state index contributed by atoms with van der Waals surface area (Å²) in [7, 11) is 1.43. The third-order valence-electron chi connectivity index (χ3n) is 4.63. The highest BCUT2D eigenvalue weighted by Gasteiger charge is 2.21. The number of nitrogens with zero attached hydrogens (tertiary/aromatic N) is 3. The van der Waals surface area contributed by atoms with Crippen LogP contribution in [0.3, 0.4) is 0 Å². The predicted octanol–water partition coefficient (Wildman–Crippen LogP) is 2.07. The first-order chi connectivity index (χ1) is 13.5. The molecule has 9 heteroatoms. The minimum atomic E-state index is -0.547. The van der Waals surface area contributed by atoms with Gasteiger partial charge in [-0.1, -0.05) is 0 Å². The number of benzene rings is 2. The Labute approximate surface area is 162 Å². The standard InChI is InChI=1S/C19H22N4O5/c1-28-16-6-7-17(18(12-16)23(26)27)20-19(25)13-21-8-10-22(11-9-21)14-2-4-15(24)5-3-14/h2-7,12,24H,8-11,13H2,1H3,(H,20,25). The van der Waals surface area contributed by atoms with Crippen molar-refractivity contribution in [1.29, 1.82) is 0 Å². The zero-order chi connectivity index (χ0) is 20.1. The van der Waals surface area contributed by atoms with Crippen LogP contribution in [0.15, 0.2) is 42.5 Å². The number of aromatic hydroxyl groups is 1. The van der Waals surface area contributed by atoms with Crippen LogP contribution in [0.25, 0.3) is 0 Å². The van der Waals surface area contributed by atoms with Gasteiger partial charge in [-0.2, -0.15) is 0 Å². The first kappa shape index (κ1) is 19.4. The number of ether oxygens (including phenoxy) is 1. The van der Waals surface area contributed by atoms with Crippen molar-refractivity contribution in [3.63, 3.8) is 0 Å². The number of carbonyl (C=O) groups is 1. The molecule has 1 aliphatic rings. The van der Waals surface area contributed by atoms with Crippen LogP contribution < -0.4 is 15.0 Å². The molecule has 1 aliphatic heterocycles. The number of phenolic OH excluding ortho intramolecular Hbond substituents is 1. The Morgan fingerprint density at radius 2 is 1.86 bits per heavy atom. The monoisotopic (exact) mass is 386 g/mol. The lowest BCUT2D eigenvalue weighted by Gasteiger charge is -2.35. The fourth-order valence-electron chi connectivity index (χ4n) is 3.12. The number of nitrogens with one attached hydrogen (secondary N) is 1. The molecule has 0 saturated carbocycles. The lowest BCUT2D eigenvalue weighted by Crippen LogP contribution is -2.48. The van der Waals surface area contributed by atoms with E-state index in [0.717, 1.165) is 18.8 Å². The molecule has 0 atom stereocenters. The summed E-state index contributed by atoms with van der Waals surface area (Å²) in [4.78, 5) is 27.2. The van der Waals surface area contributed by atoms with Gasteiger partial charge < -0.3 is 20.1 Å². The fourth-order valence-corrected chi connectivity index (χ4v) is 3.12. The van der Waals surface area contributed by atoms with E-state index in [-0.39, 0.29) is 29.6 Å². The Kier molecular flexibility index (Phi) is 5.95. The molecule has 3 rings (SSSR count). The average Bonchev–Trinajstić information content (AvgIpc) is 2.69. The maximum absolute atomic E-state index is 12.4. The van der Waals surface area contributed by atoms with Gasteiger partial charge in [0, 0.05) is 31.9 Å². The van der Waals surface area contributed by atoms with E-state index in [0.29, 0.717) is 18.8 Å². The van der Waals surface area contributed by atoms with E-state index >= 15 is 0 Å². The van der Waals surface area contributed by atoms with Crippen molar-refractivity contribution in [2.75, 3.05) is 50.1 Å². The second-order valence-corrected chi connectivity index (χ2v) is 6.47. The number of nitro benzene ring substituents is 1. The lowest BCUT2D eigenvalue weighted by molar-refractivity contribution is -0.384. The molecular formula is C19H22N4O5. The summed E-state index contributed by atoms with van der Waals surface area (Å²) in [5.74, 6) is 0.285. The molecule has 148 valence electrons. The van der Waals surface area contributed by atoms with E-state index in [2.05, 4.69) is 10.2 Å². The summed E-state index contributed by atoms with van der Waals surface area (Å²) in [6, 6.07) is 11.3. The number of hydrogen-bond acceptors (Lipinski definition) is 7. The molecule has 1 saturated heterocycles. The van der Waals surface area contributed by atoms with Crippen LogP contribution in [0.4, 0.5) is 17.1 Å².